The summed E-state index contributed by atoms with van der Waals surface area (Å²) in [6.07, 6.45) is 1.27. The number of rotatable bonds is 3. The fraction of sp³-hybridized carbons (Fsp3) is 0. The summed E-state index contributed by atoms with van der Waals surface area (Å²) in [5.41, 5.74) is 0.901. The van der Waals surface area contributed by atoms with Crippen LogP contribution in [-0.2, 0) is 0 Å². The summed E-state index contributed by atoms with van der Waals surface area (Å²) in [4.78, 5) is 18.7. The quantitative estimate of drug-likeness (QED) is 0.542. The van der Waals surface area contributed by atoms with Crippen LogP contribution in [0.5, 0.6) is 0 Å². The topological polar surface area (TPSA) is 68.9 Å². The third kappa shape index (κ3) is 2.56. The van der Waals surface area contributed by atoms with Crippen LogP contribution in [0.2, 0.25) is 0 Å². The average Bonchev–Trinajstić information content (AvgIpc) is 2.87. The highest BCUT2D eigenvalue weighted by Crippen LogP contribution is 2.33. The second-order valence-electron chi connectivity index (χ2n) is 3.67. The fourth-order valence-electron chi connectivity index (χ4n) is 1.58. The number of fused-ring (bicyclic) bond motifs is 1. The second-order valence-corrected chi connectivity index (χ2v) is 5.94. The molecule has 0 saturated heterocycles. The van der Waals surface area contributed by atoms with Gasteiger partial charge in [0.2, 0.25) is 0 Å². The number of nitrogens with zero attached hydrogens (tertiary/aromatic N) is 3. The Hall–Kier alpha value is -1.99. The number of benzene rings is 1. The molecule has 7 heteroatoms. The van der Waals surface area contributed by atoms with E-state index in [0.29, 0.717) is 4.34 Å². The lowest BCUT2D eigenvalue weighted by Crippen LogP contribution is -1.81. The van der Waals surface area contributed by atoms with Gasteiger partial charge < -0.3 is 0 Å². The number of thiazole rings is 1. The largest absolute Gasteiger partial charge is 0.344 e. The van der Waals surface area contributed by atoms with Crippen LogP contribution in [0.1, 0.15) is 0 Å². The van der Waals surface area contributed by atoms with Crippen molar-refractivity contribution in [1.82, 2.24) is 9.97 Å². The second kappa shape index (κ2) is 4.94. The molecule has 2 aromatic heterocycles. The van der Waals surface area contributed by atoms with Crippen molar-refractivity contribution < 1.29 is 4.92 Å². The van der Waals surface area contributed by atoms with Crippen LogP contribution >= 0.6 is 23.1 Å². The Labute approximate surface area is 116 Å². The first-order chi connectivity index (χ1) is 9.22. The lowest BCUT2D eigenvalue weighted by Gasteiger charge is -1.99. The maximum atomic E-state index is 10.6. The van der Waals surface area contributed by atoms with Crippen molar-refractivity contribution in [3.05, 3.63) is 52.7 Å². The highest BCUT2D eigenvalue weighted by molar-refractivity contribution is 8.01. The number of hydrogen-bond donors (Lipinski definition) is 0. The van der Waals surface area contributed by atoms with Gasteiger partial charge in [0.15, 0.2) is 4.34 Å². The van der Waals surface area contributed by atoms with Crippen molar-refractivity contribution in [1.29, 1.82) is 0 Å². The Morgan fingerprint density at radius 3 is 2.84 bits per heavy atom. The molecule has 3 rings (SSSR count). The number of aromatic nitrogens is 2. The Morgan fingerprint density at radius 1 is 1.21 bits per heavy atom. The lowest BCUT2D eigenvalue weighted by atomic mass is 10.2. The van der Waals surface area contributed by atoms with Crippen molar-refractivity contribution in [3.8, 4) is 0 Å². The van der Waals surface area contributed by atoms with E-state index in [1.165, 1.54) is 18.0 Å². The van der Waals surface area contributed by atoms with E-state index < -0.39 is 4.92 Å². The van der Waals surface area contributed by atoms with Crippen molar-refractivity contribution in [3.63, 3.8) is 0 Å². The van der Waals surface area contributed by atoms with Gasteiger partial charge in [-0.3, -0.25) is 10.1 Å². The number of para-hydroxylation sites is 1. The molecule has 0 aliphatic rings. The molecule has 1 aromatic carbocycles. The summed E-state index contributed by atoms with van der Waals surface area (Å²) < 4.78 is 0.620. The van der Waals surface area contributed by atoms with Gasteiger partial charge in [0.05, 0.1) is 10.4 Å². The highest BCUT2D eigenvalue weighted by Gasteiger charge is 2.12. The molecule has 0 fully saturated rings. The molecule has 2 heterocycles. The molecule has 0 atom stereocenters. The minimum atomic E-state index is -0.435. The van der Waals surface area contributed by atoms with Crippen LogP contribution in [0.4, 0.5) is 5.00 Å². The Kier molecular flexibility index (Phi) is 3.14. The molecule has 0 amide bonds. The van der Waals surface area contributed by atoms with Crippen molar-refractivity contribution in [2.75, 3.05) is 0 Å². The van der Waals surface area contributed by atoms with E-state index in [-0.39, 0.29) is 5.00 Å². The summed E-state index contributed by atoms with van der Waals surface area (Å²) in [5, 5.41) is 12.5. The lowest BCUT2D eigenvalue weighted by molar-refractivity contribution is -0.380. The molecule has 0 N–H and O–H groups in total. The van der Waals surface area contributed by atoms with Crippen LogP contribution in [0.15, 0.2) is 52.0 Å². The van der Waals surface area contributed by atoms with Crippen molar-refractivity contribution >= 4 is 39.0 Å². The zero-order valence-corrected chi connectivity index (χ0v) is 11.1. The van der Waals surface area contributed by atoms with Gasteiger partial charge in [-0.25, -0.2) is 9.97 Å². The Balaban J connectivity index is 1.89. The summed E-state index contributed by atoms with van der Waals surface area (Å²) in [7, 11) is 0. The average molecular weight is 289 g/mol. The third-order valence-electron chi connectivity index (χ3n) is 2.42. The van der Waals surface area contributed by atoms with Crippen molar-refractivity contribution in [2.45, 2.75) is 9.37 Å². The maximum Gasteiger partial charge on any atom is 0.344 e. The molecule has 0 aliphatic carbocycles. The van der Waals surface area contributed by atoms with E-state index >= 15 is 0 Å². The highest BCUT2D eigenvalue weighted by atomic mass is 32.2. The molecule has 94 valence electrons. The van der Waals surface area contributed by atoms with Gasteiger partial charge in [0.1, 0.15) is 11.2 Å². The molecule has 0 radical (unpaired) electrons. The predicted octanol–water partition coefficient (Wildman–Crippen LogP) is 3.75. The molecule has 0 unspecified atom stereocenters. The molecule has 5 nitrogen and oxygen atoms in total. The van der Waals surface area contributed by atoms with E-state index in [0.717, 1.165) is 27.3 Å². The number of nitro groups is 1. The minimum absolute atomic E-state index is 0.0447. The molecule has 19 heavy (non-hydrogen) atoms. The minimum Gasteiger partial charge on any atom is -0.257 e. The first kappa shape index (κ1) is 12.1. The number of hydrogen-bond acceptors (Lipinski definition) is 6. The van der Waals surface area contributed by atoms with E-state index in [4.69, 9.17) is 0 Å². The molecule has 0 spiro atoms. The first-order valence-corrected chi connectivity index (χ1v) is 6.99. The van der Waals surface area contributed by atoms with Crippen molar-refractivity contribution in [2.24, 2.45) is 0 Å². The zero-order chi connectivity index (χ0) is 13.2. The van der Waals surface area contributed by atoms with Gasteiger partial charge in [-0.2, -0.15) is 0 Å². The smallest absolute Gasteiger partial charge is 0.257 e. The van der Waals surface area contributed by atoms with Gasteiger partial charge in [-0.05, 0) is 35.2 Å². The normalized spacial score (nSPS) is 10.7. The third-order valence-corrected chi connectivity index (χ3v) is 4.38. The molecule has 0 aliphatic heterocycles. The van der Waals surface area contributed by atoms with Crippen LogP contribution in [0, 0.1) is 10.1 Å². The van der Waals surface area contributed by atoms with Gasteiger partial charge in [-0.1, -0.05) is 24.3 Å². The summed E-state index contributed by atoms with van der Waals surface area (Å²) >= 11 is 2.39. The van der Waals surface area contributed by atoms with E-state index in [2.05, 4.69) is 9.97 Å². The molecule has 0 bridgehead atoms. The van der Waals surface area contributed by atoms with Gasteiger partial charge >= 0.3 is 5.00 Å². The van der Waals surface area contributed by atoms with Crippen LogP contribution in [0.3, 0.4) is 0 Å². The summed E-state index contributed by atoms with van der Waals surface area (Å²) in [5.74, 6) is 0. The van der Waals surface area contributed by atoms with E-state index in [1.807, 2.05) is 36.4 Å². The van der Waals surface area contributed by atoms with E-state index in [9.17, 15) is 10.1 Å². The number of pyridine rings is 1. The first-order valence-electron chi connectivity index (χ1n) is 5.36. The maximum absolute atomic E-state index is 10.6. The summed E-state index contributed by atoms with van der Waals surface area (Å²) in [6, 6.07) is 11.7. The monoisotopic (exact) mass is 289 g/mol. The predicted molar refractivity (Wildman–Crippen MR) is 74.6 cm³/mol. The van der Waals surface area contributed by atoms with Crippen LogP contribution in [0.25, 0.3) is 10.9 Å². The van der Waals surface area contributed by atoms with Crippen LogP contribution in [-0.4, -0.2) is 14.9 Å². The van der Waals surface area contributed by atoms with Crippen LogP contribution < -0.4 is 0 Å². The molecular formula is C12H7N3O2S2. The fourth-order valence-corrected chi connectivity index (χ4v) is 3.28. The van der Waals surface area contributed by atoms with E-state index in [1.54, 1.807) is 0 Å². The van der Waals surface area contributed by atoms with Gasteiger partial charge in [0, 0.05) is 5.39 Å². The molecular weight excluding hydrogens is 282 g/mol. The standard InChI is InChI=1S/C12H7N3O2S2/c16-15(17)11-7-13-12(19-11)18-10-6-5-8-3-1-2-4-9(8)14-10/h1-7H. The Morgan fingerprint density at radius 2 is 2.05 bits per heavy atom. The zero-order valence-electron chi connectivity index (χ0n) is 9.52. The Bertz CT molecular complexity index is 757. The molecule has 3 aromatic rings. The SMILES string of the molecule is O=[N+]([O-])c1cnc(Sc2ccc3ccccc3n2)s1. The molecule has 0 saturated carbocycles. The van der Waals surface area contributed by atoms with Gasteiger partial charge in [0.25, 0.3) is 0 Å². The van der Waals surface area contributed by atoms with Gasteiger partial charge in [-0.15, -0.1) is 0 Å². The summed E-state index contributed by atoms with van der Waals surface area (Å²) in [6.45, 7) is 0.